The summed E-state index contributed by atoms with van der Waals surface area (Å²) < 4.78 is 17.5. The predicted octanol–water partition coefficient (Wildman–Crippen LogP) is 1.73. The van der Waals surface area contributed by atoms with Crippen molar-refractivity contribution < 1.29 is 50.4 Å². The number of quaternary nitrogens is 1. The monoisotopic (exact) mass is 619 g/mol. The molecule has 2 aromatic rings. The fraction of sp³-hybridized carbons (Fsp3) is 0.533. The Bertz CT molecular complexity index is 1150. The van der Waals surface area contributed by atoms with Gasteiger partial charge in [0, 0.05) is 29.2 Å². The first-order chi connectivity index (χ1) is 18.3. The van der Waals surface area contributed by atoms with Crippen LogP contribution < -0.4 is 21.7 Å². The van der Waals surface area contributed by atoms with E-state index in [9.17, 15) is 14.7 Å². The van der Waals surface area contributed by atoms with Gasteiger partial charge in [0.2, 0.25) is 0 Å². The number of carbonyl (C=O) groups is 2. The molecule has 0 radical (unpaired) electrons. The minimum absolute atomic E-state index is 0. The summed E-state index contributed by atoms with van der Waals surface area (Å²) in [5, 5.41) is 13.6. The molecule has 2 bridgehead atoms. The maximum absolute atomic E-state index is 13.6. The van der Waals surface area contributed by atoms with E-state index in [-0.39, 0.29) is 53.7 Å². The fourth-order valence-corrected chi connectivity index (χ4v) is 7.41. The molecule has 1 N–H and O–H groups in total. The molecule has 2 fully saturated rings. The standard InChI is InChI=1S/C30H38NO6S.BrH/c1-3-35-28(32)20-36-25-11-6-8-21(16-25)19-31(2)23-13-14-24(31)18-26(17-23)37-29(33)30(34,22-9-4-5-10-22)27-12-7-15-38-27;/h6-8,11-16,22-24,26,34H,3-5,9-10,17-20H2,1-2H3;1H/q+1;/p-1/t23-,24+,26-,30?,31?;. The minimum atomic E-state index is -1.56. The summed E-state index contributed by atoms with van der Waals surface area (Å²) in [5.41, 5.74) is -0.437. The summed E-state index contributed by atoms with van der Waals surface area (Å²) in [6.07, 6.45) is 9.48. The van der Waals surface area contributed by atoms with E-state index in [2.05, 4.69) is 25.3 Å². The Morgan fingerprint density at radius 3 is 2.46 bits per heavy atom. The van der Waals surface area contributed by atoms with Gasteiger partial charge in [0.25, 0.3) is 0 Å². The molecule has 39 heavy (non-hydrogen) atoms. The first-order valence-corrected chi connectivity index (χ1v) is 14.6. The van der Waals surface area contributed by atoms with E-state index in [1.54, 1.807) is 6.92 Å². The van der Waals surface area contributed by atoms with Crippen molar-refractivity contribution in [1.82, 2.24) is 0 Å². The number of thiophene rings is 1. The van der Waals surface area contributed by atoms with Gasteiger partial charge in [0.15, 0.2) is 12.2 Å². The van der Waals surface area contributed by atoms with Crippen LogP contribution in [0.3, 0.4) is 0 Å². The van der Waals surface area contributed by atoms with E-state index in [1.807, 2.05) is 35.7 Å². The highest BCUT2D eigenvalue weighted by atomic mass is 79.9. The van der Waals surface area contributed by atoms with E-state index in [0.717, 1.165) is 55.1 Å². The molecule has 3 heterocycles. The highest BCUT2D eigenvalue weighted by Gasteiger charge is 2.53. The molecule has 2 unspecified atom stereocenters. The molecule has 3 aliphatic rings. The quantitative estimate of drug-likeness (QED) is 0.248. The molecule has 9 heteroatoms. The van der Waals surface area contributed by atoms with Crippen LogP contribution in [0.25, 0.3) is 0 Å². The van der Waals surface area contributed by atoms with Gasteiger partial charge in [-0.3, -0.25) is 0 Å². The van der Waals surface area contributed by atoms with Gasteiger partial charge in [0.05, 0.1) is 13.7 Å². The first-order valence-electron chi connectivity index (χ1n) is 13.7. The summed E-state index contributed by atoms with van der Waals surface area (Å²) >= 11 is 1.43. The van der Waals surface area contributed by atoms with Crippen molar-refractivity contribution in [2.75, 3.05) is 20.3 Å². The number of aliphatic hydroxyl groups is 1. The first kappa shape index (κ1) is 29.8. The van der Waals surface area contributed by atoms with Crippen LogP contribution in [0, 0.1) is 5.92 Å². The van der Waals surface area contributed by atoms with Gasteiger partial charge < -0.3 is 40.8 Å². The van der Waals surface area contributed by atoms with Crippen LogP contribution in [-0.4, -0.2) is 60.0 Å². The Hall–Kier alpha value is -2.20. The number of benzene rings is 1. The van der Waals surface area contributed by atoms with Crippen molar-refractivity contribution in [3.05, 3.63) is 64.4 Å². The van der Waals surface area contributed by atoms with Crippen LogP contribution in [0.15, 0.2) is 53.9 Å². The molecule has 5 atom stereocenters. The zero-order valence-electron chi connectivity index (χ0n) is 22.6. The number of hydrogen-bond acceptors (Lipinski definition) is 7. The average molecular weight is 621 g/mol. The maximum Gasteiger partial charge on any atom is 0.344 e. The lowest BCUT2D eigenvalue weighted by Gasteiger charge is -2.47. The fourth-order valence-electron chi connectivity index (χ4n) is 6.52. The van der Waals surface area contributed by atoms with Gasteiger partial charge in [-0.15, -0.1) is 11.3 Å². The topological polar surface area (TPSA) is 82.1 Å². The average Bonchev–Trinajstić information content (AvgIpc) is 3.65. The lowest BCUT2D eigenvalue weighted by Crippen LogP contribution is -3.00. The molecule has 1 saturated carbocycles. The molecule has 1 aliphatic carbocycles. The number of rotatable bonds is 10. The number of nitrogens with zero attached hydrogens (tertiary/aromatic N) is 1. The number of halogens is 1. The number of carbonyl (C=O) groups excluding carboxylic acids is 2. The van der Waals surface area contributed by atoms with Crippen LogP contribution in [0.4, 0.5) is 0 Å². The van der Waals surface area contributed by atoms with E-state index in [0.29, 0.717) is 17.2 Å². The number of piperidine rings is 1. The lowest BCUT2D eigenvalue weighted by molar-refractivity contribution is -0.957. The lowest BCUT2D eigenvalue weighted by atomic mass is 9.84. The second kappa shape index (κ2) is 12.5. The molecule has 1 aromatic heterocycles. The zero-order valence-corrected chi connectivity index (χ0v) is 25.0. The number of fused-ring (bicyclic) bond motifs is 2. The number of ether oxygens (including phenoxy) is 3. The molecule has 0 spiro atoms. The van der Waals surface area contributed by atoms with Crippen molar-refractivity contribution in [2.45, 2.75) is 75.8 Å². The van der Waals surface area contributed by atoms with E-state index >= 15 is 0 Å². The van der Waals surface area contributed by atoms with Crippen LogP contribution in [0.5, 0.6) is 5.75 Å². The van der Waals surface area contributed by atoms with Gasteiger partial charge in [-0.1, -0.05) is 31.0 Å². The smallest absolute Gasteiger partial charge is 0.344 e. The Kier molecular flexibility index (Phi) is 9.57. The maximum atomic E-state index is 13.6. The predicted molar refractivity (Wildman–Crippen MR) is 144 cm³/mol. The summed E-state index contributed by atoms with van der Waals surface area (Å²) in [4.78, 5) is 25.9. The van der Waals surface area contributed by atoms with Crippen LogP contribution in [-0.2, 0) is 31.2 Å². The Morgan fingerprint density at radius 1 is 1.10 bits per heavy atom. The zero-order chi connectivity index (χ0) is 26.8. The third-order valence-electron chi connectivity index (χ3n) is 8.59. The number of likely N-dealkylation sites (N-methyl/N-ethyl adjacent to an activating group) is 1. The molecule has 1 saturated heterocycles. The second-order valence-electron chi connectivity index (χ2n) is 11.0. The van der Waals surface area contributed by atoms with E-state index < -0.39 is 11.6 Å². The highest BCUT2D eigenvalue weighted by molar-refractivity contribution is 7.10. The van der Waals surface area contributed by atoms with Gasteiger partial charge in [-0.05, 0) is 55.5 Å². The van der Waals surface area contributed by atoms with Gasteiger partial charge >= 0.3 is 11.9 Å². The van der Waals surface area contributed by atoms with E-state index in [4.69, 9.17) is 14.2 Å². The second-order valence-corrected chi connectivity index (χ2v) is 11.9. The Balaban J connectivity index is 0.00000353. The molecule has 0 amide bonds. The molecule has 1 aromatic carbocycles. The van der Waals surface area contributed by atoms with Gasteiger partial charge in [0.1, 0.15) is 30.5 Å². The van der Waals surface area contributed by atoms with Crippen molar-refractivity contribution in [3.63, 3.8) is 0 Å². The molecule has 7 nitrogen and oxygen atoms in total. The van der Waals surface area contributed by atoms with Crippen molar-refractivity contribution >= 4 is 23.3 Å². The normalized spacial score (nSPS) is 27.4. The van der Waals surface area contributed by atoms with Gasteiger partial charge in [-0.25, -0.2) is 9.59 Å². The van der Waals surface area contributed by atoms with Crippen molar-refractivity contribution in [1.29, 1.82) is 0 Å². The summed E-state index contributed by atoms with van der Waals surface area (Å²) in [7, 11) is 2.25. The SMILES string of the molecule is CCOC(=O)COc1cccc(C[N+]2(C)[C@@H]3C=C[C@H]2C[C@H](OC(=O)C(O)(c2cccs2)C2CCCC2)C3)c1.[Br-]. The Morgan fingerprint density at radius 2 is 1.82 bits per heavy atom. The Labute approximate surface area is 245 Å². The largest absolute Gasteiger partial charge is 1.00 e. The van der Waals surface area contributed by atoms with Crippen molar-refractivity contribution in [3.8, 4) is 5.75 Å². The summed E-state index contributed by atoms with van der Waals surface area (Å²) in [6.45, 7) is 2.79. The molecular formula is C30H38BrNO6S. The van der Waals surface area contributed by atoms with E-state index in [1.165, 1.54) is 11.3 Å². The highest BCUT2D eigenvalue weighted by Crippen LogP contribution is 2.45. The number of esters is 2. The molecule has 212 valence electrons. The third kappa shape index (κ3) is 6.11. The minimum Gasteiger partial charge on any atom is -1.00 e. The van der Waals surface area contributed by atoms with Gasteiger partial charge in [-0.2, -0.15) is 0 Å². The summed E-state index contributed by atoms with van der Waals surface area (Å²) in [5.74, 6) is -0.314. The summed E-state index contributed by atoms with van der Waals surface area (Å²) in [6, 6.07) is 12.0. The van der Waals surface area contributed by atoms with Crippen LogP contribution >= 0.6 is 11.3 Å². The van der Waals surface area contributed by atoms with Crippen LogP contribution in [0.1, 0.15) is 55.9 Å². The number of hydrogen-bond donors (Lipinski definition) is 1. The molecule has 2 aliphatic heterocycles. The molecule has 5 rings (SSSR count). The third-order valence-corrected chi connectivity index (χ3v) is 9.59. The van der Waals surface area contributed by atoms with Crippen LogP contribution in [0.2, 0.25) is 0 Å². The van der Waals surface area contributed by atoms with Crippen molar-refractivity contribution in [2.24, 2.45) is 5.92 Å². The molecular weight excluding hydrogens is 582 g/mol.